The van der Waals surface area contributed by atoms with Crippen molar-refractivity contribution >= 4 is 50.5 Å². The molecule has 6 nitrogen and oxygen atoms in total. The van der Waals surface area contributed by atoms with Gasteiger partial charge in [0.15, 0.2) is 11.5 Å². The number of hydrogen-bond acceptors (Lipinski definition) is 5. The zero-order chi connectivity index (χ0) is 17.1. The van der Waals surface area contributed by atoms with Gasteiger partial charge < -0.3 is 0 Å². The van der Waals surface area contributed by atoms with Crippen LogP contribution in [0.1, 0.15) is 5.56 Å². The lowest BCUT2D eigenvalue weighted by Gasteiger charge is -2.05. The van der Waals surface area contributed by atoms with Crippen LogP contribution in [0.25, 0.3) is 22.5 Å². The number of nitrogens with one attached hydrogen (secondary N) is 1. The van der Waals surface area contributed by atoms with Gasteiger partial charge in [-0.2, -0.15) is 9.62 Å². The van der Waals surface area contributed by atoms with Gasteiger partial charge in [-0.3, -0.25) is 5.43 Å². The summed E-state index contributed by atoms with van der Waals surface area (Å²) in [5.41, 5.74) is 4.81. The largest absolute Gasteiger partial charge is 0.259 e. The average molecular weight is 393 g/mol. The second-order valence-corrected chi connectivity index (χ2v) is 6.22. The second kappa shape index (κ2) is 6.82. The highest BCUT2D eigenvalue weighted by atomic mass is 79.9. The van der Waals surface area contributed by atoms with E-state index in [0.29, 0.717) is 5.82 Å². The van der Waals surface area contributed by atoms with Gasteiger partial charge in [0.2, 0.25) is 0 Å². The first-order valence-electron chi connectivity index (χ1n) is 7.61. The third-order valence-electron chi connectivity index (χ3n) is 3.62. The molecule has 4 aromatic rings. The summed E-state index contributed by atoms with van der Waals surface area (Å²) < 4.78 is 2.48. The summed E-state index contributed by atoms with van der Waals surface area (Å²) in [5.74, 6) is 0.638. The number of fused-ring (bicyclic) bond motifs is 3. The molecule has 0 unspecified atom stereocenters. The quantitative estimate of drug-likeness (QED) is 0.419. The van der Waals surface area contributed by atoms with Gasteiger partial charge in [0.05, 0.1) is 6.21 Å². The Morgan fingerprint density at radius 1 is 1.04 bits per heavy atom. The van der Waals surface area contributed by atoms with Crippen molar-refractivity contribution < 1.29 is 0 Å². The van der Waals surface area contributed by atoms with Crippen LogP contribution in [-0.2, 0) is 0 Å². The molecule has 25 heavy (non-hydrogen) atoms. The number of halogens is 1. The zero-order valence-electron chi connectivity index (χ0n) is 13.0. The van der Waals surface area contributed by atoms with Gasteiger partial charge in [-0.1, -0.05) is 54.6 Å². The minimum Gasteiger partial charge on any atom is -0.259 e. The maximum absolute atomic E-state index is 4.48. The smallest absolute Gasteiger partial charge is 0.185 e. The molecule has 2 heterocycles. The Labute approximate surface area is 152 Å². The molecule has 1 N–H and O–H groups in total. The van der Waals surface area contributed by atoms with Gasteiger partial charge in [0.1, 0.15) is 6.33 Å². The molecule has 7 heteroatoms. The van der Waals surface area contributed by atoms with Gasteiger partial charge in [0, 0.05) is 15.3 Å². The number of anilines is 1. The molecule has 0 atom stereocenters. The Kier molecular flexibility index (Phi) is 4.22. The third kappa shape index (κ3) is 3.27. The van der Waals surface area contributed by atoms with E-state index in [1.807, 2.05) is 60.7 Å². The Morgan fingerprint density at radius 2 is 1.80 bits per heavy atom. The van der Waals surface area contributed by atoms with Crippen molar-refractivity contribution in [1.29, 1.82) is 0 Å². The highest BCUT2D eigenvalue weighted by molar-refractivity contribution is 9.12. The van der Waals surface area contributed by atoms with E-state index >= 15 is 0 Å². The summed E-state index contributed by atoms with van der Waals surface area (Å²) in [5, 5.41) is 18.7. The molecular formula is C18H13BrN6. The highest BCUT2D eigenvalue weighted by Gasteiger charge is 2.08. The molecule has 2 aromatic heterocycles. The summed E-state index contributed by atoms with van der Waals surface area (Å²) in [6.07, 6.45) is 5.25. The van der Waals surface area contributed by atoms with Crippen molar-refractivity contribution in [3.05, 3.63) is 71.0 Å². The molecule has 0 spiro atoms. The van der Waals surface area contributed by atoms with Crippen LogP contribution in [0.4, 0.5) is 5.82 Å². The Balaban J connectivity index is 1.63. The van der Waals surface area contributed by atoms with Crippen molar-refractivity contribution in [1.82, 2.24) is 19.8 Å². The normalized spacial score (nSPS) is 12.3. The standard InChI is InChI=1S/C18H13BrN6/c19-14(10-13-6-2-1-3-7-13)11-20-22-17-15-8-4-5-9-16(15)18-23-21-12-25(18)24-17/h1-12H,(H,22,24)/b14-10-,20-11+. The number of aromatic nitrogens is 4. The lowest BCUT2D eigenvalue weighted by atomic mass is 10.2. The van der Waals surface area contributed by atoms with Crippen molar-refractivity contribution in [2.24, 2.45) is 5.10 Å². The van der Waals surface area contributed by atoms with E-state index in [2.05, 4.69) is 41.8 Å². The number of hydrazone groups is 1. The molecule has 0 amide bonds. The van der Waals surface area contributed by atoms with E-state index in [1.165, 1.54) is 0 Å². The SMILES string of the molecule is BrC(=C\c1ccccc1)/C=N/Nc1nn2cnnc2c2ccccc12. The van der Waals surface area contributed by atoms with E-state index in [4.69, 9.17) is 0 Å². The molecule has 0 radical (unpaired) electrons. The van der Waals surface area contributed by atoms with Crippen LogP contribution in [0.2, 0.25) is 0 Å². The first-order chi connectivity index (χ1) is 12.3. The minimum atomic E-state index is 0.638. The molecule has 4 rings (SSSR count). The van der Waals surface area contributed by atoms with Gasteiger partial charge in [-0.05, 0) is 27.6 Å². The summed E-state index contributed by atoms with van der Waals surface area (Å²) in [4.78, 5) is 0. The van der Waals surface area contributed by atoms with Crippen LogP contribution in [0.15, 0.2) is 70.5 Å². The Bertz CT molecular complexity index is 1080. The molecule has 0 bridgehead atoms. The highest BCUT2D eigenvalue weighted by Crippen LogP contribution is 2.23. The van der Waals surface area contributed by atoms with Crippen molar-refractivity contribution in [3.63, 3.8) is 0 Å². The number of allylic oxidation sites excluding steroid dienone is 1. The lowest BCUT2D eigenvalue weighted by Crippen LogP contribution is -2.00. The maximum atomic E-state index is 4.48. The monoisotopic (exact) mass is 392 g/mol. The molecule has 0 saturated heterocycles. The second-order valence-electron chi connectivity index (χ2n) is 5.30. The molecule has 0 aliphatic carbocycles. The first kappa shape index (κ1) is 15.5. The molecule has 0 saturated carbocycles. The summed E-state index contributed by atoms with van der Waals surface area (Å²) in [7, 11) is 0. The van der Waals surface area contributed by atoms with Crippen molar-refractivity contribution in [3.8, 4) is 0 Å². The van der Waals surface area contributed by atoms with Gasteiger partial charge in [-0.25, -0.2) is 0 Å². The lowest BCUT2D eigenvalue weighted by molar-refractivity contribution is 0.934. The van der Waals surface area contributed by atoms with Gasteiger partial charge >= 0.3 is 0 Å². The number of rotatable bonds is 4. The maximum Gasteiger partial charge on any atom is 0.185 e. The predicted octanol–water partition coefficient (Wildman–Crippen LogP) is 4.11. The fourth-order valence-corrected chi connectivity index (χ4v) is 2.88. The summed E-state index contributed by atoms with van der Waals surface area (Å²) >= 11 is 3.50. The van der Waals surface area contributed by atoms with E-state index in [9.17, 15) is 0 Å². The van der Waals surface area contributed by atoms with Crippen LogP contribution in [0.3, 0.4) is 0 Å². The van der Waals surface area contributed by atoms with Crippen LogP contribution >= 0.6 is 15.9 Å². The molecule has 2 aromatic carbocycles. The summed E-state index contributed by atoms with van der Waals surface area (Å²) in [6.45, 7) is 0. The first-order valence-corrected chi connectivity index (χ1v) is 8.41. The summed E-state index contributed by atoms with van der Waals surface area (Å²) in [6, 6.07) is 17.9. The number of nitrogens with zero attached hydrogens (tertiary/aromatic N) is 5. The number of benzene rings is 2. The van der Waals surface area contributed by atoms with Crippen molar-refractivity contribution in [2.45, 2.75) is 0 Å². The zero-order valence-corrected chi connectivity index (χ0v) is 14.6. The predicted molar refractivity (Wildman–Crippen MR) is 104 cm³/mol. The molecular weight excluding hydrogens is 380 g/mol. The van der Waals surface area contributed by atoms with Gasteiger partial charge in [0.25, 0.3) is 0 Å². The van der Waals surface area contributed by atoms with E-state index < -0.39 is 0 Å². The fourth-order valence-electron chi connectivity index (χ4n) is 2.51. The topological polar surface area (TPSA) is 67.5 Å². The Hall–Kier alpha value is -3.06. The fraction of sp³-hybridized carbons (Fsp3) is 0. The van der Waals surface area contributed by atoms with Crippen LogP contribution in [0, 0.1) is 0 Å². The van der Waals surface area contributed by atoms with Gasteiger partial charge in [-0.15, -0.1) is 15.3 Å². The van der Waals surface area contributed by atoms with E-state index in [1.54, 1.807) is 17.1 Å². The molecule has 0 aliphatic heterocycles. The van der Waals surface area contributed by atoms with Crippen LogP contribution < -0.4 is 5.43 Å². The van der Waals surface area contributed by atoms with E-state index in [0.717, 1.165) is 26.5 Å². The molecule has 0 aliphatic rings. The number of hydrogen-bond donors (Lipinski definition) is 1. The molecule has 0 fully saturated rings. The van der Waals surface area contributed by atoms with Crippen molar-refractivity contribution in [2.75, 3.05) is 5.43 Å². The minimum absolute atomic E-state index is 0.638. The van der Waals surface area contributed by atoms with E-state index in [-0.39, 0.29) is 0 Å². The Morgan fingerprint density at radius 3 is 2.64 bits per heavy atom. The molecule has 122 valence electrons. The average Bonchev–Trinajstić information content (AvgIpc) is 3.11. The van der Waals surface area contributed by atoms with Crippen LogP contribution in [0.5, 0.6) is 0 Å². The third-order valence-corrected chi connectivity index (χ3v) is 4.06. The van der Waals surface area contributed by atoms with Crippen LogP contribution in [-0.4, -0.2) is 26.0 Å².